The molecule has 1 heterocycles. The van der Waals surface area contributed by atoms with Crippen LogP contribution in [0.4, 0.5) is 5.82 Å². The average molecular weight is 423 g/mol. The molecule has 0 atom stereocenters. The number of esters is 1. The highest BCUT2D eigenvalue weighted by Gasteiger charge is 2.16. The van der Waals surface area contributed by atoms with Crippen molar-refractivity contribution in [3.05, 3.63) is 89.1 Å². The number of methoxy groups -OCH3 is 1. The zero-order valence-corrected chi connectivity index (χ0v) is 16.9. The van der Waals surface area contributed by atoms with Crippen molar-refractivity contribution in [2.45, 2.75) is 0 Å². The number of amides is 1. The van der Waals surface area contributed by atoms with Crippen LogP contribution in [-0.4, -0.2) is 30.6 Å². The van der Waals surface area contributed by atoms with Crippen LogP contribution in [0.3, 0.4) is 0 Å². The summed E-state index contributed by atoms with van der Waals surface area (Å²) in [4.78, 5) is 28.9. The number of nitrogens with one attached hydrogen (secondary N) is 1. The number of para-hydroxylation sites is 1. The molecular weight excluding hydrogens is 404 g/mol. The summed E-state index contributed by atoms with van der Waals surface area (Å²) in [5.74, 6) is -0.215. The van der Waals surface area contributed by atoms with E-state index in [1.807, 2.05) is 36.4 Å². The molecular formula is C23H19ClN2O4. The minimum absolute atomic E-state index is 0.303. The molecule has 1 N–H and O–H groups in total. The summed E-state index contributed by atoms with van der Waals surface area (Å²) >= 11 is 5.77. The minimum Gasteiger partial charge on any atom is -0.496 e. The van der Waals surface area contributed by atoms with Gasteiger partial charge in [-0.2, -0.15) is 0 Å². The first-order valence-electron chi connectivity index (χ1n) is 9.05. The van der Waals surface area contributed by atoms with E-state index in [1.54, 1.807) is 43.5 Å². The number of aromatic nitrogens is 1. The highest BCUT2D eigenvalue weighted by atomic mass is 35.5. The van der Waals surface area contributed by atoms with Crippen molar-refractivity contribution in [3.8, 4) is 5.75 Å². The Morgan fingerprint density at radius 1 is 1.03 bits per heavy atom. The van der Waals surface area contributed by atoms with Gasteiger partial charge in [-0.3, -0.25) is 4.79 Å². The molecule has 0 aliphatic carbocycles. The van der Waals surface area contributed by atoms with Crippen LogP contribution in [0.5, 0.6) is 5.75 Å². The minimum atomic E-state index is -0.633. The number of pyridine rings is 1. The zero-order valence-electron chi connectivity index (χ0n) is 16.2. The van der Waals surface area contributed by atoms with Crippen LogP contribution in [-0.2, 0) is 14.3 Å². The Bertz CT molecular complexity index is 1050. The van der Waals surface area contributed by atoms with Crippen molar-refractivity contribution < 1.29 is 19.1 Å². The number of anilines is 1. The van der Waals surface area contributed by atoms with Gasteiger partial charge in [-0.15, -0.1) is 0 Å². The topological polar surface area (TPSA) is 77.5 Å². The van der Waals surface area contributed by atoms with Crippen molar-refractivity contribution in [3.63, 3.8) is 0 Å². The predicted octanol–water partition coefficient (Wildman–Crippen LogP) is 4.47. The molecule has 0 radical (unpaired) electrons. The van der Waals surface area contributed by atoms with E-state index in [1.165, 1.54) is 6.20 Å². The van der Waals surface area contributed by atoms with E-state index in [2.05, 4.69) is 10.3 Å². The molecule has 3 rings (SSSR count). The molecule has 0 aliphatic rings. The van der Waals surface area contributed by atoms with Crippen LogP contribution in [0.1, 0.15) is 11.1 Å². The molecule has 2 aromatic carbocycles. The van der Waals surface area contributed by atoms with Crippen LogP contribution in [0.25, 0.3) is 11.6 Å². The summed E-state index contributed by atoms with van der Waals surface area (Å²) in [6, 6.07) is 19.5. The molecule has 0 saturated heterocycles. The van der Waals surface area contributed by atoms with E-state index >= 15 is 0 Å². The van der Waals surface area contributed by atoms with E-state index in [4.69, 9.17) is 21.1 Å². The van der Waals surface area contributed by atoms with Gasteiger partial charge in [0, 0.05) is 11.8 Å². The van der Waals surface area contributed by atoms with Gasteiger partial charge in [0.25, 0.3) is 5.91 Å². The number of carbonyl (C=O) groups is 2. The Balaban J connectivity index is 1.76. The molecule has 0 spiro atoms. The maximum Gasteiger partial charge on any atom is 0.339 e. The van der Waals surface area contributed by atoms with Gasteiger partial charge in [0.1, 0.15) is 11.6 Å². The van der Waals surface area contributed by atoms with Gasteiger partial charge >= 0.3 is 5.97 Å². The second-order valence-electron chi connectivity index (χ2n) is 6.15. The summed E-state index contributed by atoms with van der Waals surface area (Å²) in [6.07, 6.45) is 3.09. The lowest BCUT2D eigenvalue weighted by molar-refractivity contribution is -0.141. The van der Waals surface area contributed by atoms with Crippen molar-refractivity contribution in [2.75, 3.05) is 19.0 Å². The third-order valence-corrected chi connectivity index (χ3v) is 4.30. The van der Waals surface area contributed by atoms with Crippen molar-refractivity contribution in [1.29, 1.82) is 0 Å². The fraction of sp³-hybridized carbons (Fsp3) is 0.0870. The molecule has 3 aromatic rings. The number of benzene rings is 2. The van der Waals surface area contributed by atoms with Gasteiger partial charge in [0.2, 0.25) is 0 Å². The molecule has 1 aromatic heterocycles. The fourth-order valence-electron chi connectivity index (χ4n) is 2.66. The summed E-state index contributed by atoms with van der Waals surface area (Å²) in [6.45, 7) is -0.459. The summed E-state index contributed by atoms with van der Waals surface area (Å²) < 4.78 is 10.6. The maximum atomic E-state index is 12.8. The normalized spacial score (nSPS) is 10.9. The Hall–Kier alpha value is -3.64. The monoisotopic (exact) mass is 422 g/mol. The van der Waals surface area contributed by atoms with E-state index in [9.17, 15) is 9.59 Å². The zero-order chi connectivity index (χ0) is 21.3. The van der Waals surface area contributed by atoms with Crippen LogP contribution >= 0.6 is 11.6 Å². The first-order valence-corrected chi connectivity index (χ1v) is 9.43. The van der Waals surface area contributed by atoms with Crippen molar-refractivity contribution in [2.24, 2.45) is 0 Å². The fourth-order valence-corrected chi connectivity index (χ4v) is 2.77. The summed E-state index contributed by atoms with van der Waals surface area (Å²) in [7, 11) is 1.56. The standard InChI is InChI=1S/C23H19ClN2O4/c1-29-20-10-6-5-9-17(20)13-19(16-7-3-2-4-8-16)23(28)30-15-22(27)26-21-12-11-18(24)14-25-21/h2-14H,15H2,1H3,(H,25,26,27). The van der Waals surface area contributed by atoms with E-state index in [0.29, 0.717) is 33.3 Å². The third kappa shape index (κ3) is 5.68. The van der Waals surface area contributed by atoms with Gasteiger partial charge in [0.05, 0.1) is 17.7 Å². The first-order chi connectivity index (χ1) is 14.6. The van der Waals surface area contributed by atoms with Crippen LogP contribution in [0, 0.1) is 0 Å². The highest BCUT2D eigenvalue weighted by molar-refractivity contribution is 6.30. The van der Waals surface area contributed by atoms with Crippen LogP contribution in [0.2, 0.25) is 5.02 Å². The van der Waals surface area contributed by atoms with E-state index in [0.717, 1.165) is 0 Å². The molecule has 0 aliphatic heterocycles. The largest absolute Gasteiger partial charge is 0.496 e. The number of hydrogen-bond acceptors (Lipinski definition) is 5. The molecule has 30 heavy (non-hydrogen) atoms. The third-order valence-electron chi connectivity index (χ3n) is 4.07. The van der Waals surface area contributed by atoms with Crippen molar-refractivity contribution in [1.82, 2.24) is 4.98 Å². The highest BCUT2D eigenvalue weighted by Crippen LogP contribution is 2.25. The second kappa shape index (κ2) is 10.2. The Morgan fingerprint density at radius 2 is 1.77 bits per heavy atom. The Morgan fingerprint density at radius 3 is 2.47 bits per heavy atom. The lowest BCUT2D eigenvalue weighted by atomic mass is 10.0. The molecule has 0 bridgehead atoms. The maximum absolute atomic E-state index is 12.8. The van der Waals surface area contributed by atoms with Gasteiger partial charge in [-0.05, 0) is 29.8 Å². The molecule has 7 heteroatoms. The van der Waals surface area contributed by atoms with Gasteiger partial charge in [-0.25, -0.2) is 9.78 Å². The number of hydrogen-bond donors (Lipinski definition) is 1. The molecule has 0 fully saturated rings. The quantitative estimate of drug-likeness (QED) is 0.345. The molecule has 0 saturated carbocycles. The molecule has 1 amide bonds. The number of halogens is 1. The summed E-state index contributed by atoms with van der Waals surface area (Å²) in [5.41, 5.74) is 1.68. The van der Waals surface area contributed by atoms with E-state index < -0.39 is 18.5 Å². The SMILES string of the molecule is COc1ccccc1C=C(C(=O)OCC(=O)Nc1ccc(Cl)cn1)c1ccccc1. The average Bonchev–Trinajstić information content (AvgIpc) is 2.78. The molecule has 0 unspecified atom stereocenters. The number of ether oxygens (including phenoxy) is 2. The smallest absolute Gasteiger partial charge is 0.339 e. The lowest BCUT2D eigenvalue weighted by Crippen LogP contribution is -2.21. The number of rotatable bonds is 7. The van der Waals surface area contributed by atoms with Gasteiger partial charge in [0.15, 0.2) is 6.61 Å². The van der Waals surface area contributed by atoms with Crippen LogP contribution < -0.4 is 10.1 Å². The molecule has 152 valence electrons. The van der Waals surface area contributed by atoms with Gasteiger partial charge < -0.3 is 14.8 Å². The summed E-state index contributed by atoms with van der Waals surface area (Å²) in [5, 5.41) is 3.00. The van der Waals surface area contributed by atoms with Gasteiger partial charge in [-0.1, -0.05) is 60.1 Å². The Kier molecular flexibility index (Phi) is 7.19. The van der Waals surface area contributed by atoms with E-state index in [-0.39, 0.29) is 0 Å². The second-order valence-corrected chi connectivity index (χ2v) is 6.59. The lowest BCUT2D eigenvalue weighted by Gasteiger charge is -2.11. The number of nitrogens with zero attached hydrogens (tertiary/aromatic N) is 1. The first kappa shape index (κ1) is 21.1. The van der Waals surface area contributed by atoms with Crippen molar-refractivity contribution >= 4 is 40.9 Å². The van der Waals surface area contributed by atoms with Crippen LogP contribution in [0.15, 0.2) is 72.9 Å². The molecule has 6 nitrogen and oxygen atoms in total. The Labute approximate surface area is 179 Å². The number of carbonyl (C=O) groups excluding carboxylic acids is 2. The predicted molar refractivity (Wildman–Crippen MR) is 116 cm³/mol.